The van der Waals surface area contributed by atoms with Crippen molar-refractivity contribution in [2.45, 2.75) is 6.17 Å². The lowest BCUT2D eigenvalue weighted by atomic mass is 10.00. The largest absolute Gasteiger partial charge is 0.324 e. The Bertz CT molecular complexity index is 2170. The predicted octanol–water partition coefficient (Wildman–Crippen LogP) is 9.31. The SMILES string of the molecule is c1ccc2cc(C3=NC(c4ccc5ccccc5c4)N=C(c4ccc(-c5ccc6ccccc6c5)cc4)N3)ccc2c1. The van der Waals surface area contributed by atoms with Crippen molar-refractivity contribution in [3.8, 4) is 11.1 Å². The Hall–Kier alpha value is -5.54. The van der Waals surface area contributed by atoms with E-state index in [4.69, 9.17) is 9.98 Å². The summed E-state index contributed by atoms with van der Waals surface area (Å²) in [6, 6.07) is 53.6. The summed E-state index contributed by atoms with van der Waals surface area (Å²) in [5, 5.41) is 10.9. The van der Waals surface area contributed by atoms with E-state index in [-0.39, 0.29) is 6.17 Å². The average molecular weight is 538 g/mol. The molecule has 0 bridgehead atoms. The molecule has 1 heterocycles. The molecule has 198 valence electrons. The highest BCUT2D eigenvalue weighted by Gasteiger charge is 2.21. The van der Waals surface area contributed by atoms with Gasteiger partial charge in [0.05, 0.1) is 0 Å². The highest BCUT2D eigenvalue weighted by Crippen LogP contribution is 2.29. The standard InChI is InChI=1S/C39H27N3/c1-4-10-31-23-34(20-15-26(31)7-1)29-13-18-30(19-14-29)37-40-38(35-21-16-27-8-2-5-11-32(27)24-35)42-39(41-37)36-22-17-28-9-3-6-12-33(28)25-36/h1-25,38H,(H,40,41,42). The predicted molar refractivity (Wildman–Crippen MR) is 176 cm³/mol. The van der Waals surface area contributed by atoms with E-state index in [0.717, 1.165) is 28.4 Å². The summed E-state index contributed by atoms with van der Waals surface area (Å²) in [4.78, 5) is 10.3. The summed E-state index contributed by atoms with van der Waals surface area (Å²) in [6.45, 7) is 0. The molecule has 1 N–H and O–H groups in total. The van der Waals surface area contributed by atoms with E-state index in [2.05, 4.69) is 157 Å². The van der Waals surface area contributed by atoms with Crippen LogP contribution in [0.4, 0.5) is 0 Å². The molecule has 0 amide bonds. The summed E-state index contributed by atoms with van der Waals surface area (Å²) >= 11 is 0. The van der Waals surface area contributed by atoms with Gasteiger partial charge in [-0.1, -0.05) is 133 Å². The van der Waals surface area contributed by atoms with Gasteiger partial charge < -0.3 is 5.32 Å². The van der Waals surface area contributed by atoms with E-state index in [9.17, 15) is 0 Å². The highest BCUT2D eigenvalue weighted by atomic mass is 15.2. The second-order valence-corrected chi connectivity index (χ2v) is 10.8. The number of nitrogens with one attached hydrogen (secondary N) is 1. The van der Waals surface area contributed by atoms with Gasteiger partial charge in [-0.15, -0.1) is 0 Å². The van der Waals surface area contributed by atoms with Crippen LogP contribution in [-0.2, 0) is 0 Å². The minimum absolute atomic E-state index is 0.354. The van der Waals surface area contributed by atoms with E-state index in [1.54, 1.807) is 0 Å². The van der Waals surface area contributed by atoms with Crippen molar-refractivity contribution in [2.24, 2.45) is 9.98 Å². The van der Waals surface area contributed by atoms with Crippen LogP contribution in [0.3, 0.4) is 0 Å². The Morgan fingerprint density at radius 2 is 0.786 bits per heavy atom. The van der Waals surface area contributed by atoms with E-state index < -0.39 is 0 Å². The van der Waals surface area contributed by atoms with Gasteiger partial charge in [0.25, 0.3) is 0 Å². The van der Waals surface area contributed by atoms with Crippen LogP contribution in [0.25, 0.3) is 43.4 Å². The molecule has 3 nitrogen and oxygen atoms in total. The van der Waals surface area contributed by atoms with Crippen LogP contribution in [0.2, 0.25) is 0 Å². The van der Waals surface area contributed by atoms with Crippen molar-refractivity contribution >= 4 is 44.0 Å². The van der Waals surface area contributed by atoms with Gasteiger partial charge in [-0.3, -0.25) is 0 Å². The average Bonchev–Trinajstić information content (AvgIpc) is 3.07. The first kappa shape index (κ1) is 24.3. The first-order valence-electron chi connectivity index (χ1n) is 14.3. The van der Waals surface area contributed by atoms with Crippen LogP contribution in [0.15, 0.2) is 162 Å². The van der Waals surface area contributed by atoms with E-state index in [1.807, 2.05) is 0 Å². The van der Waals surface area contributed by atoms with Crippen molar-refractivity contribution in [2.75, 3.05) is 0 Å². The Labute approximate surface area is 244 Å². The molecular formula is C39H27N3. The van der Waals surface area contributed by atoms with E-state index >= 15 is 0 Å². The number of nitrogens with zero attached hydrogens (tertiary/aromatic N) is 2. The lowest BCUT2D eigenvalue weighted by molar-refractivity contribution is 0.757. The number of fused-ring (bicyclic) bond motifs is 3. The molecule has 3 heteroatoms. The topological polar surface area (TPSA) is 36.8 Å². The Kier molecular flexibility index (Phi) is 5.86. The molecule has 7 aromatic rings. The summed E-state index contributed by atoms with van der Waals surface area (Å²) in [6.07, 6.45) is -0.354. The lowest BCUT2D eigenvalue weighted by Gasteiger charge is -2.23. The summed E-state index contributed by atoms with van der Waals surface area (Å²) in [7, 11) is 0. The van der Waals surface area contributed by atoms with Crippen LogP contribution in [0.5, 0.6) is 0 Å². The Balaban J connectivity index is 1.19. The third-order valence-electron chi connectivity index (χ3n) is 8.08. The molecule has 1 unspecified atom stereocenters. The molecule has 0 spiro atoms. The second-order valence-electron chi connectivity index (χ2n) is 10.8. The van der Waals surface area contributed by atoms with E-state index in [1.165, 1.54) is 43.4 Å². The molecule has 0 radical (unpaired) electrons. The molecule has 42 heavy (non-hydrogen) atoms. The molecule has 0 aliphatic carbocycles. The minimum atomic E-state index is -0.354. The third kappa shape index (κ3) is 4.51. The highest BCUT2D eigenvalue weighted by molar-refractivity contribution is 6.16. The van der Waals surface area contributed by atoms with Gasteiger partial charge in [-0.05, 0) is 67.2 Å². The lowest BCUT2D eigenvalue weighted by Crippen LogP contribution is -2.36. The van der Waals surface area contributed by atoms with Gasteiger partial charge in [0.2, 0.25) is 0 Å². The maximum absolute atomic E-state index is 5.13. The molecule has 0 aromatic heterocycles. The van der Waals surface area contributed by atoms with Crippen LogP contribution >= 0.6 is 0 Å². The van der Waals surface area contributed by atoms with Crippen molar-refractivity contribution in [3.63, 3.8) is 0 Å². The molecule has 8 rings (SSSR count). The molecule has 0 fully saturated rings. The quantitative estimate of drug-likeness (QED) is 0.239. The van der Waals surface area contributed by atoms with Crippen molar-refractivity contribution in [1.82, 2.24) is 5.32 Å². The number of hydrogen-bond acceptors (Lipinski definition) is 3. The zero-order valence-electron chi connectivity index (χ0n) is 22.9. The van der Waals surface area contributed by atoms with Gasteiger partial charge in [-0.25, -0.2) is 9.98 Å². The number of hydrogen-bond donors (Lipinski definition) is 1. The summed E-state index contributed by atoms with van der Waals surface area (Å²) in [5.41, 5.74) is 5.51. The molecule has 0 saturated carbocycles. The van der Waals surface area contributed by atoms with Gasteiger partial charge >= 0.3 is 0 Å². The summed E-state index contributed by atoms with van der Waals surface area (Å²) in [5.74, 6) is 1.64. The van der Waals surface area contributed by atoms with Crippen molar-refractivity contribution < 1.29 is 0 Å². The Morgan fingerprint density at radius 1 is 0.357 bits per heavy atom. The zero-order valence-corrected chi connectivity index (χ0v) is 22.9. The van der Waals surface area contributed by atoms with Crippen LogP contribution in [-0.4, -0.2) is 11.7 Å². The normalized spacial score (nSPS) is 14.9. The van der Waals surface area contributed by atoms with Crippen molar-refractivity contribution in [1.29, 1.82) is 0 Å². The molecule has 0 saturated heterocycles. The van der Waals surface area contributed by atoms with E-state index in [0.29, 0.717) is 0 Å². The molecule has 1 atom stereocenters. The first-order chi connectivity index (χ1) is 20.8. The van der Waals surface area contributed by atoms with Gasteiger partial charge in [0, 0.05) is 11.1 Å². The van der Waals surface area contributed by atoms with Gasteiger partial charge in [0.1, 0.15) is 11.7 Å². The first-order valence-corrected chi connectivity index (χ1v) is 14.3. The maximum Gasteiger partial charge on any atom is 0.169 e. The maximum atomic E-state index is 5.13. The summed E-state index contributed by atoms with van der Waals surface area (Å²) < 4.78 is 0. The fourth-order valence-corrected chi connectivity index (χ4v) is 5.79. The van der Waals surface area contributed by atoms with Crippen LogP contribution in [0.1, 0.15) is 22.9 Å². The van der Waals surface area contributed by atoms with Gasteiger partial charge in [-0.2, -0.15) is 0 Å². The fourth-order valence-electron chi connectivity index (χ4n) is 5.79. The minimum Gasteiger partial charge on any atom is -0.324 e. The van der Waals surface area contributed by atoms with Gasteiger partial charge in [0.15, 0.2) is 6.17 Å². The van der Waals surface area contributed by atoms with Crippen LogP contribution < -0.4 is 5.32 Å². The number of benzene rings is 7. The second kappa shape index (κ2) is 10.1. The monoisotopic (exact) mass is 537 g/mol. The number of amidine groups is 2. The van der Waals surface area contributed by atoms with Crippen LogP contribution in [0, 0.1) is 0 Å². The Morgan fingerprint density at radius 3 is 1.40 bits per heavy atom. The van der Waals surface area contributed by atoms with Crippen molar-refractivity contribution in [3.05, 3.63) is 168 Å². The fraction of sp³-hybridized carbons (Fsp3) is 0.0256. The molecular weight excluding hydrogens is 510 g/mol. The molecule has 1 aliphatic rings. The zero-order chi connectivity index (χ0) is 27.9. The number of aliphatic imine (C=N–C) groups is 2. The molecule has 1 aliphatic heterocycles. The molecule has 7 aromatic carbocycles. The smallest absolute Gasteiger partial charge is 0.169 e. The number of rotatable bonds is 4. The third-order valence-corrected chi connectivity index (χ3v) is 8.08.